The zero-order chi connectivity index (χ0) is 10.5. The van der Waals surface area contributed by atoms with Crippen molar-refractivity contribution in [2.75, 3.05) is 6.61 Å². The fourth-order valence-corrected chi connectivity index (χ4v) is 1.42. The van der Waals surface area contributed by atoms with Crippen LogP contribution in [0.5, 0.6) is 0 Å². The van der Waals surface area contributed by atoms with Gasteiger partial charge < -0.3 is 4.74 Å². The number of esters is 1. The molecule has 0 bridgehead atoms. The fourth-order valence-electron chi connectivity index (χ4n) is 0.392. The van der Waals surface area contributed by atoms with E-state index in [-0.39, 0.29) is 18.2 Å². The molecule has 0 heterocycles. The summed E-state index contributed by atoms with van der Waals surface area (Å²) < 4.78 is 4.59. The quantitative estimate of drug-likeness (QED) is 0.255. The lowest BCUT2D eigenvalue weighted by Crippen LogP contribution is -2.15. The molecule has 0 aliphatic carbocycles. The van der Waals surface area contributed by atoms with Gasteiger partial charge in [0, 0.05) is 6.04 Å². The minimum atomic E-state index is -2.74. The highest BCUT2D eigenvalue weighted by Crippen LogP contribution is 2.24. The van der Waals surface area contributed by atoms with Gasteiger partial charge in [0.05, 0.1) is 6.61 Å². The van der Waals surface area contributed by atoms with Crippen LogP contribution in [0.15, 0.2) is 12.2 Å². The largest absolute Gasteiger partial charge is 0.462 e. The molecule has 0 aliphatic heterocycles. The van der Waals surface area contributed by atoms with Crippen LogP contribution in [-0.2, 0) is 9.53 Å². The molecule has 0 aromatic rings. The van der Waals surface area contributed by atoms with Crippen LogP contribution in [0.25, 0.3) is 0 Å². The topological polar surface area (TPSA) is 50.1 Å². The zero-order valence-electron chi connectivity index (χ0n) is 6.52. The van der Waals surface area contributed by atoms with Crippen LogP contribution < -0.4 is 0 Å². The summed E-state index contributed by atoms with van der Waals surface area (Å²) in [5.41, 5.74) is -0.258. The maximum atomic E-state index is 10.8. The van der Waals surface area contributed by atoms with Crippen molar-refractivity contribution in [1.29, 1.82) is 5.26 Å². The Kier molecular flexibility index (Phi) is 5.41. The van der Waals surface area contributed by atoms with Crippen molar-refractivity contribution in [2.24, 2.45) is 0 Å². The van der Waals surface area contributed by atoms with E-state index in [9.17, 15) is 4.79 Å². The van der Waals surface area contributed by atoms with Crippen LogP contribution in [-0.4, -0.2) is 18.6 Å². The molecule has 0 unspecified atom stereocenters. The number of hydrogen-bond acceptors (Lipinski definition) is 3. The maximum absolute atomic E-state index is 10.8. The predicted octanol–water partition coefficient (Wildman–Crippen LogP) is 2.26. The predicted molar refractivity (Wildman–Crippen MR) is 53.8 cm³/mol. The van der Waals surface area contributed by atoms with Gasteiger partial charge in [-0.15, -0.1) is 33.2 Å². The standard InChI is InChI=1S/C6H6Cl3NO2Si/c1-5(4-10)6(11)12-2-3-13(7,8)9/h1-3H2. The first-order chi connectivity index (χ1) is 5.87. The summed E-state index contributed by atoms with van der Waals surface area (Å²) in [6, 6.07) is -0.976. The SMILES string of the molecule is C=C(C#N)C(=O)OCC[Si](Cl)(Cl)Cl. The van der Waals surface area contributed by atoms with E-state index in [1.54, 1.807) is 6.07 Å². The van der Waals surface area contributed by atoms with Gasteiger partial charge >= 0.3 is 12.0 Å². The van der Waals surface area contributed by atoms with Crippen molar-refractivity contribution >= 4 is 45.2 Å². The van der Waals surface area contributed by atoms with Gasteiger partial charge in [-0.2, -0.15) is 5.26 Å². The first kappa shape index (κ1) is 12.8. The summed E-state index contributed by atoms with van der Waals surface area (Å²) in [5, 5.41) is 8.24. The molecule has 0 N–H and O–H groups in total. The van der Waals surface area contributed by atoms with Crippen LogP contribution in [0.4, 0.5) is 0 Å². The zero-order valence-corrected chi connectivity index (χ0v) is 9.79. The summed E-state index contributed by atoms with van der Waals surface area (Å²) in [6.07, 6.45) is 0. The van der Waals surface area contributed by atoms with Crippen LogP contribution in [0.1, 0.15) is 0 Å². The average Bonchev–Trinajstić information content (AvgIpc) is 2.00. The smallest absolute Gasteiger partial charge is 0.348 e. The van der Waals surface area contributed by atoms with Crippen molar-refractivity contribution < 1.29 is 9.53 Å². The summed E-state index contributed by atoms with van der Waals surface area (Å²) in [5.74, 6) is -0.772. The van der Waals surface area contributed by atoms with E-state index >= 15 is 0 Å². The van der Waals surface area contributed by atoms with Gasteiger partial charge in [-0.3, -0.25) is 0 Å². The number of nitriles is 1. The van der Waals surface area contributed by atoms with Crippen molar-refractivity contribution in [1.82, 2.24) is 0 Å². The summed E-state index contributed by atoms with van der Waals surface area (Å²) in [4.78, 5) is 10.8. The molecule has 0 atom stereocenters. The Labute approximate surface area is 90.9 Å². The van der Waals surface area contributed by atoms with E-state index in [4.69, 9.17) is 38.5 Å². The molecule has 0 aromatic heterocycles. The molecule has 0 amide bonds. The first-order valence-electron chi connectivity index (χ1n) is 3.19. The molecule has 0 aromatic carbocycles. The molecule has 0 spiro atoms. The minimum absolute atomic E-state index is 0.00224. The van der Waals surface area contributed by atoms with Crippen LogP contribution in [0.3, 0.4) is 0 Å². The molecule has 13 heavy (non-hydrogen) atoms. The Morgan fingerprint density at radius 3 is 2.46 bits per heavy atom. The number of nitrogens with zero attached hydrogens (tertiary/aromatic N) is 1. The van der Waals surface area contributed by atoms with Gasteiger partial charge in [-0.1, -0.05) is 6.58 Å². The number of rotatable bonds is 4. The normalized spacial score (nSPS) is 10.3. The van der Waals surface area contributed by atoms with Crippen molar-refractivity contribution in [3.8, 4) is 6.07 Å². The van der Waals surface area contributed by atoms with Gasteiger partial charge in [-0.05, 0) is 0 Å². The summed E-state index contributed by atoms with van der Waals surface area (Å²) in [7, 11) is 0. The van der Waals surface area contributed by atoms with Gasteiger partial charge in [0.15, 0.2) is 0 Å². The highest BCUT2D eigenvalue weighted by Gasteiger charge is 2.25. The third-order valence-corrected chi connectivity index (χ3v) is 3.47. The second-order valence-corrected chi connectivity index (χ2v) is 11.4. The molecule has 0 aliphatic rings. The molecule has 3 nitrogen and oxygen atoms in total. The van der Waals surface area contributed by atoms with Crippen LogP contribution >= 0.6 is 33.2 Å². The van der Waals surface area contributed by atoms with E-state index < -0.39 is 12.0 Å². The van der Waals surface area contributed by atoms with Gasteiger partial charge in [0.25, 0.3) is 0 Å². The van der Waals surface area contributed by atoms with Crippen LogP contribution in [0, 0.1) is 11.3 Å². The summed E-state index contributed by atoms with van der Waals surface area (Å²) >= 11 is 16.6. The average molecular weight is 259 g/mol. The van der Waals surface area contributed by atoms with Gasteiger partial charge in [0.1, 0.15) is 11.6 Å². The second-order valence-electron chi connectivity index (χ2n) is 2.09. The molecular weight excluding hydrogens is 253 g/mol. The lowest BCUT2D eigenvalue weighted by atomic mass is 10.3. The number of hydrogen-bond donors (Lipinski definition) is 0. The van der Waals surface area contributed by atoms with E-state index in [0.717, 1.165) is 0 Å². The number of ether oxygens (including phenoxy) is 1. The molecule has 0 saturated heterocycles. The molecule has 0 fully saturated rings. The Hall–Kier alpha value is -0.213. The fraction of sp³-hybridized carbons (Fsp3) is 0.333. The number of carbonyl (C=O) groups excluding carboxylic acids is 1. The molecule has 0 radical (unpaired) electrons. The van der Waals surface area contributed by atoms with Crippen molar-refractivity contribution in [2.45, 2.75) is 6.04 Å². The lowest BCUT2D eigenvalue weighted by molar-refractivity contribution is -0.137. The Morgan fingerprint density at radius 2 is 2.08 bits per heavy atom. The molecule has 7 heteroatoms. The summed E-state index contributed by atoms with van der Waals surface area (Å²) in [6.45, 7) is 3.17. The van der Waals surface area contributed by atoms with E-state index in [1.165, 1.54) is 0 Å². The third kappa shape index (κ3) is 6.90. The van der Waals surface area contributed by atoms with Gasteiger partial charge in [-0.25, -0.2) is 4.79 Å². The monoisotopic (exact) mass is 257 g/mol. The molecule has 0 rings (SSSR count). The Morgan fingerprint density at radius 1 is 1.54 bits per heavy atom. The Balaban J connectivity index is 3.74. The van der Waals surface area contributed by atoms with Gasteiger partial charge in [0.2, 0.25) is 0 Å². The van der Waals surface area contributed by atoms with E-state index in [1.807, 2.05) is 0 Å². The Bertz CT molecular complexity index is 256. The van der Waals surface area contributed by atoms with E-state index in [0.29, 0.717) is 0 Å². The minimum Gasteiger partial charge on any atom is -0.462 e. The molecule has 0 saturated carbocycles. The van der Waals surface area contributed by atoms with E-state index in [2.05, 4.69) is 11.3 Å². The first-order valence-corrected chi connectivity index (χ1v) is 8.44. The lowest BCUT2D eigenvalue weighted by Gasteiger charge is -2.07. The highest BCUT2D eigenvalue weighted by molar-refractivity contribution is 7.64. The second kappa shape index (κ2) is 5.50. The highest BCUT2D eigenvalue weighted by atomic mass is 35.8. The maximum Gasteiger partial charge on any atom is 0.348 e. The molecular formula is C6H6Cl3NO2Si. The van der Waals surface area contributed by atoms with Crippen molar-refractivity contribution in [3.05, 3.63) is 12.2 Å². The third-order valence-electron chi connectivity index (χ3n) is 1.00. The molecule has 72 valence electrons. The number of carbonyl (C=O) groups is 1. The number of halogens is 3. The van der Waals surface area contributed by atoms with Crippen molar-refractivity contribution in [3.63, 3.8) is 0 Å². The van der Waals surface area contributed by atoms with Crippen LogP contribution in [0.2, 0.25) is 6.04 Å².